The first-order chi connectivity index (χ1) is 9.42. The average Bonchev–Trinajstić information content (AvgIpc) is 2.40. The van der Waals surface area contributed by atoms with Crippen molar-refractivity contribution in [2.24, 2.45) is 11.8 Å². The Labute approximate surface area is 129 Å². The van der Waals surface area contributed by atoms with Crippen molar-refractivity contribution in [2.75, 3.05) is 0 Å². The summed E-state index contributed by atoms with van der Waals surface area (Å²) in [7, 11) is 1.44. The predicted octanol–water partition coefficient (Wildman–Crippen LogP) is 1.62. The van der Waals surface area contributed by atoms with Crippen LogP contribution in [0, 0.1) is 11.8 Å². The van der Waals surface area contributed by atoms with Gasteiger partial charge in [0.05, 0.1) is 0 Å². The Balaban J connectivity index is 2.89. The van der Waals surface area contributed by atoms with E-state index in [9.17, 15) is 9.50 Å². The minimum absolute atomic E-state index is 0.0718. The van der Waals surface area contributed by atoms with Crippen molar-refractivity contribution >= 4 is 41.0 Å². The van der Waals surface area contributed by atoms with Gasteiger partial charge in [0, 0.05) is 0 Å². The Morgan fingerprint density at radius 2 is 2.25 bits per heavy atom. The second-order valence-corrected chi connectivity index (χ2v) is 7.40. The Bertz CT molecular complexity index is 347. The zero-order valence-electron chi connectivity index (χ0n) is 12.5. The van der Waals surface area contributed by atoms with Crippen molar-refractivity contribution in [3.8, 4) is 0 Å². The van der Waals surface area contributed by atoms with E-state index in [0.29, 0.717) is 21.3 Å². The van der Waals surface area contributed by atoms with E-state index in [-0.39, 0.29) is 29.8 Å². The molecule has 1 aliphatic heterocycles. The van der Waals surface area contributed by atoms with Crippen molar-refractivity contribution in [1.82, 2.24) is 0 Å². The van der Waals surface area contributed by atoms with Crippen LogP contribution in [0.1, 0.15) is 34.1 Å². The molecule has 0 aromatic rings. The van der Waals surface area contributed by atoms with E-state index < -0.39 is 5.44 Å². The van der Waals surface area contributed by atoms with E-state index in [1.54, 1.807) is 0 Å². The van der Waals surface area contributed by atoms with Gasteiger partial charge < -0.3 is 0 Å². The monoisotopic (exact) mass is 316 g/mol. The molecule has 112 valence electrons. The summed E-state index contributed by atoms with van der Waals surface area (Å²) in [4.78, 5) is 11.2. The number of thiol groups is 1. The van der Waals surface area contributed by atoms with Gasteiger partial charge in [0.15, 0.2) is 0 Å². The van der Waals surface area contributed by atoms with Crippen LogP contribution in [-0.2, 0) is 19.0 Å². The van der Waals surface area contributed by atoms with Crippen molar-refractivity contribution in [1.29, 1.82) is 0 Å². The Kier molecular flexibility index (Phi) is 7.78. The van der Waals surface area contributed by atoms with E-state index in [2.05, 4.69) is 33.4 Å². The molecule has 0 spiro atoms. The van der Waals surface area contributed by atoms with Gasteiger partial charge in [-0.1, -0.05) is 0 Å². The number of carbonyl (C=O) groups is 1. The van der Waals surface area contributed by atoms with Gasteiger partial charge in [-0.25, -0.2) is 0 Å². The number of ether oxygens (including phenoxy) is 2. The van der Waals surface area contributed by atoms with E-state index in [0.717, 1.165) is 13.5 Å². The third kappa shape index (κ3) is 4.57. The molecule has 8 heteroatoms. The number of carbonyl (C=O) groups excluding carboxylic acids is 1. The molecule has 1 rings (SSSR count). The molecule has 1 fully saturated rings. The normalized spacial score (nSPS) is 35.5. The molecule has 4 unspecified atom stereocenters. The molecule has 4 nitrogen and oxygen atoms in total. The summed E-state index contributed by atoms with van der Waals surface area (Å²) in [6, 6.07) is 0. The van der Waals surface area contributed by atoms with Gasteiger partial charge in [0.25, 0.3) is 0 Å². The van der Waals surface area contributed by atoms with E-state index in [1.165, 1.54) is 6.92 Å². The van der Waals surface area contributed by atoms with Crippen LogP contribution in [0.3, 0.4) is 0 Å². The predicted molar refractivity (Wildman–Crippen MR) is 87.5 cm³/mol. The van der Waals surface area contributed by atoms with Crippen molar-refractivity contribution in [2.45, 2.75) is 57.4 Å². The van der Waals surface area contributed by atoms with Gasteiger partial charge in [-0.05, 0) is 0 Å². The first-order valence-corrected chi connectivity index (χ1v) is 8.90. The minimum atomic E-state index is -0.398. The van der Waals surface area contributed by atoms with Crippen LogP contribution in [0.5, 0.6) is 0 Å². The zero-order valence-corrected chi connectivity index (χ0v) is 14.4. The molecule has 0 bridgehead atoms. The molecule has 1 heterocycles. The van der Waals surface area contributed by atoms with Gasteiger partial charge in [-0.15, -0.1) is 0 Å². The third-order valence-corrected chi connectivity index (χ3v) is 6.10. The molecule has 20 heavy (non-hydrogen) atoms. The second-order valence-electron chi connectivity index (χ2n) is 5.41. The number of hydrogen-bond acceptors (Lipinski definition) is 5. The molecule has 7 atom stereocenters. The SMILES string of the molecule is CC[C@H](C)C1OC(S)[C@H](OC(C)=O)C(C)[C@@H]1PBB=O. The molecule has 0 aromatic heterocycles. The van der Waals surface area contributed by atoms with Gasteiger partial charge >= 0.3 is 129 Å². The topological polar surface area (TPSA) is 52.6 Å². The number of rotatable bonds is 6. The Morgan fingerprint density at radius 1 is 1.60 bits per heavy atom. The first kappa shape index (κ1) is 18.2. The quantitative estimate of drug-likeness (QED) is 0.350. The van der Waals surface area contributed by atoms with Crippen molar-refractivity contribution in [3.63, 3.8) is 0 Å². The summed E-state index contributed by atoms with van der Waals surface area (Å²) in [6.07, 6.45) is 0.737. The summed E-state index contributed by atoms with van der Waals surface area (Å²) in [5, 5.41) is 0. The molecule has 1 saturated heterocycles. The third-order valence-electron chi connectivity index (χ3n) is 3.96. The molecular weight excluding hydrogens is 293 g/mol. The molecule has 0 N–H and O–H groups in total. The van der Waals surface area contributed by atoms with Crippen LogP contribution in [0.2, 0.25) is 0 Å². The summed E-state index contributed by atoms with van der Waals surface area (Å²) < 4.78 is 22.1. The summed E-state index contributed by atoms with van der Waals surface area (Å²) >= 11 is 4.45. The Morgan fingerprint density at radius 3 is 2.75 bits per heavy atom. The van der Waals surface area contributed by atoms with Gasteiger partial charge in [0.1, 0.15) is 0 Å². The maximum absolute atomic E-state index is 11.2. The van der Waals surface area contributed by atoms with Crippen LogP contribution in [-0.4, -0.2) is 43.2 Å². The molecule has 0 saturated carbocycles. The standard InChI is InChI=1S/C12H23B2O4PS/c1-5-6(2)9-11(19-14-13-16)7(3)10(12(20)18-9)17-8(4)15/h6-7,9-12,14,19-20H,5H2,1-4H3/t6-,7?,9?,10+,11-,12?/m0/s1. The van der Waals surface area contributed by atoms with Crippen molar-refractivity contribution in [3.05, 3.63) is 0 Å². The zero-order chi connectivity index (χ0) is 15.3. The van der Waals surface area contributed by atoms with E-state index in [4.69, 9.17) is 9.47 Å². The van der Waals surface area contributed by atoms with Gasteiger partial charge in [-0.2, -0.15) is 0 Å². The fraction of sp³-hybridized carbons (Fsp3) is 0.917. The molecular formula is C12H23B2O4PS. The summed E-state index contributed by atoms with van der Waals surface area (Å²) in [5.41, 5.74) is -0.159. The molecule has 0 aromatic carbocycles. The van der Waals surface area contributed by atoms with Crippen LogP contribution in [0.15, 0.2) is 0 Å². The second kappa shape index (κ2) is 8.55. The van der Waals surface area contributed by atoms with Crippen LogP contribution >= 0.6 is 21.1 Å². The Hall–Kier alpha value is 0.140. The first-order valence-electron chi connectivity index (χ1n) is 7.10. The molecule has 0 amide bonds. The molecule has 0 aliphatic carbocycles. The number of hydrogen-bond donors (Lipinski definition) is 1. The molecule has 1 aliphatic rings. The van der Waals surface area contributed by atoms with Crippen LogP contribution in [0.4, 0.5) is 0 Å². The average molecular weight is 316 g/mol. The summed E-state index contributed by atoms with van der Waals surface area (Å²) in [5.74, 6) is 0.228. The van der Waals surface area contributed by atoms with Gasteiger partial charge in [0.2, 0.25) is 0 Å². The van der Waals surface area contributed by atoms with Crippen LogP contribution < -0.4 is 0 Å². The summed E-state index contributed by atoms with van der Waals surface area (Å²) in [6.45, 7) is 8.29. The van der Waals surface area contributed by atoms with E-state index in [1.807, 2.05) is 0 Å². The number of esters is 1. The maximum atomic E-state index is 11.2. The van der Waals surface area contributed by atoms with Crippen LogP contribution in [0.25, 0.3) is 0 Å². The van der Waals surface area contributed by atoms with Gasteiger partial charge in [-0.3, -0.25) is 0 Å². The fourth-order valence-corrected chi connectivity index (χ4v) is 4.69. The molecule has 0 radical (unpaired) electrons. The van der Waals surface area contributed by atoms with Crippen molar-refractivity contribution < 1.29 is 19.0 Å². The fourth-order valence-electron chi connectivity index (χ4n) is 2.65. The van der Waals surface area contributed by atoms with E-state index >= 15 is 0 Å².